The summed E-state index contributed by atoms with van der Waals surface area (Å²) in [4.78, 5) is 27.0. The molecule has 0 spiro atoms. The molecule has 26 heavy (non-hydrogen) atoms. The number of ether oxygens (including phenoxy) is 1. The van der Waals surface area contributed by atoms with Gasteiger partial charge in [-0.1, -0.05) is 5.16 Å². The molecule has 1 aromatic carbocycles. The lowest BCUT2D eigenvalue weighted by atomic mass is 9.80. The molecule has 0 aliphatic heterocycles. The van der Waals surface area contributed by atoms with Crippen molar-refractivity contribution in [3.8, 4) is 17.1 Å². The van der Waals surface area contributed by atoms with Crippen LogP contribution >= 0.6 is 0 Å². The minimum atomic E-state index is -0.803. The molecular formula is C18H21N3O5. The van der Waals surface area contributed by atoms with Crippen LogP contribution < -0.4 is 10.1 Å². The monoisotopic (exact) mass is 359 g/mol. The molecule has 0 saturated heterocycles. The van der Waals surface area contributed by atoms with Crippen molar-refractivity contribution in [3.63, 3.8) is 0 Å². The van der Waals surface area contributed by atoms with Crippen molar-refractivity contribution in [2.45, 2.75) is 38.6 Å². The van der Waals surface area contributed by atoms with Crippen LogP contribution in [-0.4, -0.2) is 39.8 Å². The van der Waals surface area contributed by atoms with Gasteiger partial charge in [-0.15, -0.1) is 0 Å². The standard InChI is InChI=1S/C18H21N3O5/c1-2-25-14-5-3-11(4-6-14)17-20-16(26-21-17)8-7-15(22)19-13-9-12(10-13)18(23)24/h3-6,12-13H,2,7-10H2,1H3,(H,19,22)(H,23,24). The lowest BCUT2D eigenvalue weighted by Gasteiger charge is -2.32. The topological polar surface area (TPSA) is 115 Å². The van der Waals surface area contributed by atoms with Crippen LogP contribution in [0.2, 0.25) is 0 Å². The largest absolute Gasteiger partial charge is 0.494 e. The van der Waals surface area contributed by atoms with E-state index >= 15 is 0 Å². The van der Waals surface area contributed by atoms with Gasteiger partial charge in [-0.2, -0.15) is 4.98 Å². The molecule has 8 heteroatoms. The number of carboxylic acid groups (broad SMARTS) is 1. The van der Waals surface area contributed by atoms with Crippen molar-refractivity contribution < 1.29 is 24.0 Å². The van der Waals surface area contributed by atoms with Crippen molar-refractivity contribution >= 4 is 11.9 Å². The molecule has 8 nitrogen and oxygen atoms in total. The molecule has 1 aliphatic rings. The van der Waals surface area contributed by atoms with Crippen molar-refractivity contribution in [3.05, 3.63) is 30.2 Å². The Morgan fingerprint density at radius 2 is 2.04 bits per heavy atom. The Labute approximate surface area is 150 Å². The highest BCUT2D eigenvalue weighted by molar-refractivity contribution is 5.77. The zero-order chi connectivity index (χ0) is 18.5. The van der Waals surface area contributed by atoms with E-state index in [2.05, 4.69) is 15.5 Å². The fraction of sp³-hybridized carbons (Fsp3) is 0.444. The van der Waals surface area contributed by atoms with Crippen LogP contribution in [0.15, 0.2) is 28.8 Å². The van der Waals surface area contributed by atoms with Crippen molar-refractivity contribution in [2.24, 2.45) is 5.92 Å². The quantitative estimate of drug-likeness (QED) is 0.741. The number of amides is 1. The number of benzene rings is 1. The number of hydrogen-bond acceptors (Lipinski definition) is 6. The molecule has 2 aromatic rings. The summed E-state index contributed by atoms with van der Waals surface area (Å²) in [5.74, 6) is 0.348. The van der Waals surface area contributed by atoms with E-state index in [1.807, 2.05) is 31.2 Å². The number of aryl methyl sites for hydroxylation is 1. The van der Waals surface area contributed by atoms with Crippen LogP contribution in [0.5, 0.6) is 5.75 Å². The first kappa shape index (κ1) is 17.9. The van der Waals surface area contributed by atoms with Gasteiger partial charge in [-0.25, -0.2) is 0 Å². The third-order valence-electron chi connectivity index (χ3n) is 4.31. The third-order valence-corrected chi connectivity index (χ3v) is 4.31. The third kappa shape index (κ3) is 4.38. The predicted molar refractivity (Wildman–Crippen MR) is 91.5 cm³/mol. The second-order valence-electron chi connectivity index (χ2n) is 6.24. The molecule has 138 valence electrons. The molecule has 0 unspecified atom stereocenters. The summed E-state index contributed by atoms with van der Waals surface area (Å²) in [5, 5.41) is 15.6. The van der Waals surface area contributed by atoms with Crippen LogP contribution in [0, 0.1) is 5.92 Å². The van der Waals surface area contributed by atoms with Gasteiger partial charge in [0.1, 0.15) is 5.75 Å². The normalized spacial score (nSPS) is 18.8. The molecule has 0 bridgehead atoms. The number of carbonyl (C=O) groups is 2. The van der Waals surface area contributed by atoms with Gasteiger partial charge < -0.3 is 19.7 Å². The predicted octanol–water partition coefficient (Wildman–Crippen LogP) is 2.05. The van der Waals surface area contributed by atoms with Crippen LogP contribution in [0.1, 0.15) is 32.1 Å². The number of hydrogen-bond donors (Lipinski definition) is 2. The highest BCUT2D eigenvalue weighted by Gasteiger charge is 2.35. The Morgan fingerprint density at radius 3 is 2.69 bits per heavy atom. The van der Waals surface area contributed by atoms with E-state index in [0.717, 1.165) is 11.3 Å². The SMILES string of the molecule is CCOc1ccc(-c2noc(CCC(=O)NC3CC(C(=O)O)C3)n2)cc1. The van der Waals surface area contributed by atoms with E-state index in [4.69, 9.17) is 14.4 Å². The number of nitrogens with one attached hydrogen (secondary N) is 1. The number of carboxylic acids is 1. The van der Waals surface area contributed by atoms with Crippen LogP contribution in [0.25, 0.3) is 11.4 Å². The molecule has 1 heterocycles. The molecule has 1 fully saturated rings. The van der Waals surface area contributed by atoms with Gasteiger partial charge in [-0.05, 0) is 44.0 Å². The minimum absolute atomic E-state index is 0.0503. The van der Waals surface area contributed by atoms with Crippen molar-refractivity contribution in [2.75, 3.05) is 6.61 Å². The highest BCUT2D eigenvalue weighted by Crippen LogP contribution is 2.27. The van der Waals surface area contributed by atoms with Gasteiger partial charge in [0.25, 0.3) is 0 Å². The first-order valence-electron chi connectivity index (χ1n) is 8.63. The van der Waals surface area contributed by atoms with Crippen LogP contribution in [-0.2, 0) is 16.0 Å². The van der Waals surface area contributed by atoms with Gasteiger partial charge in [0.05, 0.1) is 12.5 Å². The lowest BCUT2D eigenvalue weighted by Crippen LogP contribution is -2.46. The summed E-state index contributed by atoms with van der Waals surface area (Å²) in [6, 6.07) is 7.32. The van der Waals surface area contributed by atoms with Gasteiger partial charge in [-0.3, -0.25) is 9.59 Å². The van der Waals surface area contributed by atoms with Crippen molar-refractivity contribution in [1.29, 1.82) is 0 Å². The molecule has 1 aliphatic carbocycles. The molecule has 3 rings (SSSR count). The Balaban J connectivity index is 1.46. The number of rotatable bonds is 8. The number of nitrogens with zero attached hydrogens (tertiary/aromatic N) is 2. The Bertz CT molecular complexity index is 765. The molecule has 0 radical (unpaired) electrons. The Morgan fingerprint density at radius 1 is 1.31 bits per heavy atom. The fourth-order valence-corrected chi connectivity index (χ4v) is 2.80. The van der Waals surface area contributed by atoms with Gasteiger partial charge in [0.2, 0.25) is 17.6 Å². The summed E-state index contributed by atoms with van der Waals surface area (Å²) in [5.41, 5.74) is 0.807. The summed E-state index contributed by atoms with van der Waals surface area (Å²) >= 11 is 0. The highest BCUT2D eigenvalue weighted by atomic mass is 16.5. The molecule has 1 amide bonds. The number of aliphatic carboxylic acids is 1. The molecular weight excluding hydrogens is 338 g/mol. The summed E-state index contributed by atoms with van der Waals surface area (Å²) < 4.78 is 10.6. The second kappa shape index (κ2) is 7.99. The van der Waals surface area contributed by atoms with E-state index < -0.39 is 5.97 Å². The Kier molecular flexibility index (Phi) is 5.50. The number of carbonyl (C=O) groups excluding carboxylic acids is 1. The first-order chi connectivity index (χ1) is 12.5. The summed E-state index contributed by atoms with van der Waals surface area (Å²) in [7, 11) is 0. The maximum absolute atomic E-state index is 11.9. The molecule has 1 saturated carbocycles. The van der Waals surface area contributed by atoms with E-state index in [0.29, 0.717) is 37.6 Å². The molecule has 1 aromatic heterocycles. The lowest BCUT2D eigenvalue weighted by molar-refractivity contribution is -0.146. The van der Waals surface area contributed by atoms with Gasteiger partial charge in [0.15, 0.2) is 0 Å². The van der Waals surface area contributed by atoms with Crippen LogP contribution in [0.4, 0.5) is 0 Å². The zero-order valence-corrected chi connectivity index (χ0v) is 14.5. The van der Waals surface area contributed by atoms with E-state index in [9.17, 15) is 9.59 Å². The second-order valence-corrected chi connectivity index (χ2v) is 6.24. The van der Waals surface area contributed by atoms with Crippen molar-refractivity contribution in [1.82, 2.24) is 15.5 Å². The zero-order valence-electron chi connectivity index (χ0n) is 14.5. The maximum Gasteiger partial charge on any atom is 0.306 e. The summed E-state index contributed by atoms with van der Waals surface area (Å²) in [6.07, 6.45) is 1.54. The van der Waals surface area contributed by atoms with E-state index in [1.54, 1.807) is 0 Å². The van der Waals surface area contributed by atoms with Gasteiger partial charge in [0, 0.05) is 24.4 Å². The maximum atomic E-state index is 11.9. The average Bonchev–Trinajstić information content (AvgIpc) is 3.05. The smallest absolute Gasteiger partial charge is 0.306 e. The fourth-order valence-electron chi connectivity index (χ4n) is 2.80. The Hall–Kier alpha value is -2.90. The average molecular weight is 359 g/mol. The molecule has 2 N–H and O–H groups in total. The van der Waals surface area contributed by atoms with E-state index in [1.165, 1.54) is 0 Å². The van der Waals surface area contributed by atoms with Crippen LogP contribution in [0.3, 0.4) is 0 Å². The number of aromatic nitrogens is 2. The van der Waals surface area contributed by atoms with Gasteiger partial charge >= 0.3 is 5.97 Å². The van der Waals surface area contributed by atoms with E-state index in [-0.39, 0.29) is 24.3 Å². The minimum Gasteiger partial charge on any atom is -0.494 e. The first-order valence-corrected chi connectivity index (χ1v) is 8.63. The summed E-state index contributed by atoms with van der Waals surface area (Å²) in [6.45, 7) is 2.52. The molecule has 0 atom stereocenters.